The third-order valence-corrected chi connectivity index (χ3v) is 2.75. The van der Waals surface area contributed by atoms with Gasteiger partial charge in [0.05, 0.1) is 0 Å². The SMILES string of the molecule is C/C=C\c1c(C)cccc1NCCCCC. The molecule has 0 aliphatic rings. The van der Waals surface area contributed by atoms with E-state index in [9.17, 15) is 0 Å². The maximum absolute atomic E-state index is 3.52. The van der Waals surface area contributed by atoms with Crippen molar-refractivity contribution in [3.8, 4) is 0 Å². The zero-order chi connectivity index (χ0) is 11.8. The lowest BCUT2D eigenvalue weighted by Gasteiger charge is -2.11. The van der Waals surface area contributed by atoms with Crippen LogP contribution < -0.4 is 5.32 Å². The van der Waals surface area contributed by atoms with Crippen LogP contribution in [0.5, 0.6) is 0 Å². The van der Waals surface area contributed by atoms with E-state index in [2.05, 4.69) is 56.4 Å². The molecular formula is C15H23N. The summed E-state index contributed by atoms with van der Waals surface area (Å²) in [5, 5.41) is 3.52. The van der Waals surface area contributed by atoms with E-state index in [1.165, 1.54) is 36.1 Å². The Morgan fingerprint density at radius 3 is 2.75 bits per heavy atom. The molecule has 0 fully saturated rings. The van der Waals surface area contributed by atoms with Gasteiger partial charge in [-0.05, 0) is 31.9 Å². The minimum atomic E-state index is 1.07. The molecule has 16 heavy (non-hydrogen) atoms. The Labute approximate surface area is 99.6 Å². The fourth-order valence-electron chi connectivity index (χ4n) is 1.82. The van der Waals surface area contributed by atoms with Crippen molar-refractivity contribution in [2.75, 3.05) is 11.9 Å². The van der Waals surface area contributed by atoms with Crippen LogP contribution >= 0.6 is 0 Å². The monoisotopic (exact) mass is 217 g/mol. The zero-order valence-corrected chi connectivity index (χ0v) is 10.7. The number of hydrogen-bond acceptors (Lipinski definition) is 1. The summed E-state index contributed by atoms with van der Waals surface area (Å²) in [7, 11) is 0. The minimum Gasteiger partial charge on any atom is -0.385 e. The lowest BCUT2D eigenvalue weighted by molar-refractivity contribution is 0.743. The Morgan fingerprint density at radius 2 is 2.06 bits per heavy atom. The molecule has 0 bridgehead atoms. The molecule has 0 spiro atoms. The number of benzene rings is 1. The van der Waals surface area contributed by atoms with Crippen LogP contribution in [-0.4, -0.2) is 6.54 Å². The summed E-state index contributed by atoms with van der Waals surface area (Å²) in [6.07, 6.45) is 8.10. The zero-order valence-electron chi connectivity index (χ0n) is 10.7. The number of hydrogen-bond donors (Lipinski definition) is 1. The molecule has 88 valence electrons. The molecule has 0 unspecified atom stereocenters. The van der Waals surface area contributed by atoms with Gasteiger partial charge in [0, 0.05) is 17.8 Å². The average molecular weight is 217 g/mol. The summed E-state index contributed by atoms with van der Waals surface area (Å²) in [5.74, 6) is 0. The van der Waals surface area contributed by atoms with Crippen LogP contribution in [0.3, 0.4) is 0 Å². The summed E-state index contributed by atoms with van der Waals surface area (Å²) in [6.45, 7) is 7.53. The van der Waals surface area contributed by atoms with Crippen molar-refractivity contribution in [3.05, 3.63) is 35.4 Å². The highest BCUT2D eigenvalue weighted by Gasteiger charge is 2.00. The molecule has 1 aromatic rings. The number of allylic oxidation sites excluding steroid dienone is 1. The van der Waals surface area contributed by atoms with Crippen LogP contribution in [-0.2, 0) is 0 Å². The summed E-state index contributed by atoms with van der Waals surface area (Å²) in [6, 6.07) is 6.44. The van der Waals surface area contributed by atoms with E-state index in [1.807, 2.05) is 0 Å². The highest BCUT2D eigenvalue weighted by atomic mass is 14.9. The number of unbranched alkanes of at least 4 members (excludes halogenated alkanes) is 2. The van der Waals surface area contributed by atoms with E-state index in [1.54, 1.807) is 0 Å². The van der Waals surface area contributed by atoms with Crippen LogP contribution in [0, 0.1) is 6.92 Å². The molecule has 1 heteroatoms. The van der Waals surface area contributed by atoms with Gasteiger partial charge in [0.2, 0.25) is 0 Å². The normalized spacial score (nSPS) is 10.9. The van der Waals surface area contributed by atoms with E-state index in [0.29, 0.717) is 0 Å². The Balaban J connectivity index is 2.67. The van der Waals surface area contributed by atoms with E-state index in [-0.39, 0.29) is 0 Å². The molecule has 0 saturated carbocycles. The summed E-state index contributed by atoms with van der Waals surface area (Å²) >= 11 is 0. The average Bonchev–Trinajstić information content (AvgIpc) is 2.29. The lowest BCUT2D eigenvalue weighted by atomic mass is 10.1. The Kier molecular flexibility index (Phi) is 5.69. The molecule has 0 aliphatic heterocycles. The first kappa shape index (κ1) is 12.8. The molecule has 1 rings (SSSR count). The molecule has 0 heterocycles. The second-order valence-electron chi connectivity index (χ2n) is 4.17. The second-order valence-corrected chi connectivity index (χ2v) is 4.17. The topological polar surface area (TPSA) is 12.0 Å². The smallest absolute Gasteiger partial charge is 0.0416 e. The van der Waals surface area contributed by atoms with Gasteiger partial charge < -0.3 is 5.32 Å². The molecule has 0 atom stereocenters. The van der Waals surface area contributed by atoms with Crippen LogP contribution in [0.15, 0.2) is 24.3 Å². The Hall–Kier alpha value is -1.24. The first-order valence-corrected chi connectivity index (χ1v) is 6.25. The van der Waals surface area contributed by atoms with Gasteiger partial charge in [-0.25, -0.2) is 0 Å². The van der Waals surface area contributed by atoms with Crippen molar-refractivity contribution < 1.29 is 0 Å². The van der Waals surface area contributed by atoms with Gasteiger partial charge in [-0.1, -0.05) is 44.1 Å². The molecule has 0 saturated heterocycles. The number of nitrogens with one attached hydrogen (secondary N) is 1. The Morgan fingerprint density at radius 1 is 1.25 bits per heavy atom. The number of aryl methyl sites for hydroxylation is 1. The van der Waals surface area contributed by atoms with Gasteiger partial charge >= 0.3 is 0 Å². The standard InChI is InChI=1S/C15H23N/c1-4-6-7-12-16-15-11-8-10-13(3)14(15)9-5-2/h5,8-11,16H,4,6-7,12H2,1-3H3/b9-5-. The Bertz CT molecular complexity index is 339. The third-order valence-electron chi connectivity index (χ3n) is 2.75. The van der Waals surface area contributed by atoms with Crippen LogP contribution in [0.25, 0.3) is 6.08 Å². The minimum absolute atomic E-state index is 1.07. The van der Waals surface area contributed by atoms with Gasteiger partial charge in [-0.2, -0.15) is 0 Å². The van der Waals surface area contributed by atoms with Crippen molar-refractivity contribution in [1.82, 2.24) is 0 Å². The van der Waals surface area contributed by atoms with Crippen molar-refractivity contribution in [1.29, 1.82) is 0 Å². The van der Waals surface area contributed by atoms with Crippen LogP contribution in [0.2, 0.25) is 0 Å². The molecule has 1 N–H and O–H groups in total. The lowest BCUT2D eigenvalue weighted by Crippen LogP contribution is -2.03. The second kappa shape index (κ2) is 7.10. The van der Waals surface area contributed by atoms with E-state index < -0.39 is 0 Å². The first-order chi connectivity index (χ1) is 7.79. The molecule has 1 nitrogen and oxygen atoms in total. The van der Waals surface area contributed by atoms with Crippen molar-refractivity contribution in [2.45, 2.75) is 40.0 Å². The summed E-state index contributed by atoms with van der Waals surface area (Å²) < 4.78 is 0. The summed E-state index contributed by atoms with van der Waals surface area (Å²) in [5.41, 5.74) is 3.91. The number of rotatable bonds is 6. The van der Waals surface area contributed by atoms with E-state index in [0.717, 1.165) is 6.54 Å². The van der Waals surface area contributed by atoms with Crippen LogP contribution in [0.4, 0.5) is 5.69 Å². The van der Waals surface area contributed by atoms with Gasteiger partial charge in [-0.3, -0.25) is 0 Å². The fraction of sp³-hybridized carbons (Fsp3) is 0.467. The number of anilines is 1. The highest BCUT2D eigenvalue weighted by Crippen LogP contribution is 2.21. The van der Waals surface area contributed by atoms with Crippen molar-refractivity contribution >= 4 is 11.8 Å². The molecular weight excluding hydrogens is 194 g/mol. The molecule has 0 radical (unpaired) electrons. The quantitative estimate of drug-likeness (QED) is 0.685. The molecule has 1 aromatic carbocycles. The van der Waals surface area contributed by atoms with Crippen molar-refractivity contribution in [2.24, 2.45) is 0 Å². The largest absolute Gasteiger partial charge is 0.385 e. The van der Waals surface area contributed by atoms with Gasteiger partial charge in [0.15, 0.2) is 0 Å². The van der Waals surface area contributed by atoms with Gasteiger partial charge in [0.1, 0.15) is 0 Å². The van der Waals surface area contributed by atoms with Gasteiger partial charge in [0.25, 0.3) is 0 Å². The predicted octanol–water partition coefficient (Wildman–Crippen LogP) is 4.63. The first-order valence-electron chi connectivity index (χ1n) is 6.25. The molecule has 0 aromatic heterocycles. The third kappa shape index (κ3) is 3.73. The van der Waals surface area contributed by atoms with Crippen LogP contribution in [0.1, 0.15) is 44.2 Å². The summed E-state index contributed by atoms with van der Waals surface area (Å²) in [4.78, 5) is 0. The highest BCUT2D eigenvalue weighted by molar-refractivity contribution is 5.69. The van der Waals surface area contributed by atoms with Crippen molar-refractivity contribution in [3.63, 3.8) is 0 Å². The molecule has 0 aliphatic carbocycles. The van der Waals surface area contributed by atoms with E-state index in [4.69, 9.17) is 0 Å². The predicted molar refractivity (Wildman–Crippen MR) is 73.9 cm³/mol. The van der Waals surface area contributed by atoms with E-state index >= 15 is 0 Å². The maximum Gasteiger partial charge on any atom is 0.0416 e. The maximum atomic E-state index is 3.52. The van der Waals surface area contributed by atoms with Gasteiger partial charge in [-0.15, -0.1) is 0 Å². The fourth-order valence-corrected chi connectivity index (χ4v) is 1.82. The molecule has 0 amide bonds.